The summed E-state index contributed by atoms with van der Waals surface area (Å²) in [7, 11) is 0. The van der Waals surface area contributed by atoms with Gasteiger partial charge in [0.1, 0.15) is 5.75 Å². The van der Waals surface area contributed by atoms with E-state index in [0.29, 0.717) is 13.0 Å². The molecule has 1 aromatic carbocycles. The molecule has 2 rings (SSSR count). The molecule has 18 heavy (non-hydrogen) atoms. The lowest BCUT2D eigenvalue weighted by molar-refractivity contribution is -0.117. The molecule has 1 fully saturated rings. The number of ether oxygens (including phenoxy) is 1. The summed E-state index contributed by atoms with van der Waals surface area (Å²) in [6.45, 7) is 4.83. The van der Waals surface area contributed by atoms with Crippen LogP contribution in [0, 0.1) is 0 Å². The fraction of sp³-hybridized carbons (Fsp3) is 0.500. The van der Waals surface area contributed by atoms with Crippen LogP contribution in [-0.2, 0) is 4.79 Å². The Kier molecular flexibility index (Phi) is 4.17. The van der Waals surface area contributed by atoms with E-state index in [1.807, 2.05) is 31.2 Å². The van der Waals surface area contributed by atoms with Gasteiger partial charge in [0.2, 0.25) is 5.91 Å². The van der Waals surface area contributed by atoms with E-state index in [2.05, 4.69) is 19.6 Å². The van der Waals surface area contributed by atoms with Gasteiger partial charge in [0, 0.05) is 23.9 Å². The number of rotatable bonds is 4. The van der Waals surface area contributed by atoms with Crippen molar-refractivity contribution in [2.24, 2.45) is 0 Å². The van der Waals surface area contributed by atoms with Gasteiger partial charge in [-0.05, 0) is 37.6 Å². The summed E-state index contributed by atoms with van der Waals surface area (Å²) >= 11 is 4.35. The largest absolute Gasteiger partial charge is 0.491 e. The van der Waals surface area contributed by atoms with Crippen molar-refractivity contribution in [3.05, 3.63) is 24.3 Å². The second kappa shape index (κ2) is 5.65. The molecular formula is C14H19NO2S. The summed E-state index contributed by atoms with van der Waals surface area (Å²) < 4.78 is 5.71. The predicted octanol–water partition coefficient (Wildman–Crippen LogP) is 2.90. The lowest BCUT2D eigenvalue weighted by Gasteiger charge is -2.17. The van der Waals surface area contributed by atoms with Crippen molar-refractivity contribution in [2.75, 3.05) is 11.4 Å². The normalized spacial score (nSPS) is 21.2. The highest BCUT2D eigenvalue weighted by atomic mass is 32.1. The monoisotopic (exact) mass is 265 g/mol. The molecule has 0 spiro atoms. The van der Waals surface area contributed by atoms with Crippen LogP contribution in [0.15, 0.2) is 24.3 Å². The molecule has 98 valence electrons. The molecule has 4 heteroatoms. The fourth-order valence-electron chi connectivity index (χ4n) is 1.96. The maximum Gasteiger partial charge on any atom is 0.228 e. The van der Waals surface area contributed by atoms with Gasteiger partial charge >= 0.3 is 0 Å². The van der Waals surface area contributed by atoms with Gasteiger partial charge in [-0.3, -0.25) is 4.79 Å². The van der Waals surface area contributed by atoms with Gasteiger partial charge in [0.15, 0.2) is 0 Å². The summed E-state index contributed by atoms with van der Waals surface area (Å²) in [5.41, 5.74) is 0.924. The van der Waals surface area contributed by atoms with Crippen LogP contribution >= 0.6 is 12.6 Å². The first-order valence-corrected chi connectivity index (χ1v) is 6.87. The molecule has 2 unspecified atom stereocenters. The Labute approximate surface area is 114 Å². The third-order valence-electron chi connectivity index (χ3n) is 3.17. The van der Waals surface area contributed by atoms with Gasteiger partial charge in [-0.25, -0.2) is 0 Å². The first kappa shape index (κ1) is 13.3. The van der Waals surface area contributed by atoms with Crippen molar-refractivity contribution in [3.63, 3.8) is 0 Å². The quantitative estimate of drug-likeness (QED) is 0.848. The van der Waals surface area contributed by atoms with Gasteiger partial charge in [-0.1, -0.05) is 6.92 Å². The molecule has 1 aromatic rings. The molecule has 1 amide bonds. The van der Waals surface area contributed by atoms with Gasteiger partial charge in [0.25, 0.3) is 0 Å². The minimum atomic E-state index is 0.144. The van der Waals surface area contributed by atoms with Gasteiger partial charge in [-0.2, -0.15) is 12.6 Å². The topological polar surface area (TPSA) is 29.5 Å². The Morgan fingerprint density at radius 1 is 1.44 bits per heavy atom. The van der Waals surface area contributed by atoms with Crippen LogP contribution in [0.2, 0.25) is 0 Å². The molecule has 2 atom stereocenters. The van der Waals surface area contributed by atoms with Crippen molar-refractivity contribution < 1.29 is 9.53 Å². The maximum absolute atomic E-state index is 11.7. The Morgan fingerprint density at radius 2 is 2.11 bits per heavy atom. The highest BCUT2D eigenvalue weighted by molar-refractivity contribution is 7.81. The number of anilines is 1. The minimum Gasteiger partial charge on any atom is -0.491 e. The summed E-state index contributed by atoms with van der Waals surface area (Å²) in [6, 6.07) is 7.70. The summed E-state index contributed by atoms with van der Waals surface area (Å²) in [5.74, 6) is 0.993. The maximum atomic E-state index is 11.7. The van der Waals surface area contributed by atoms with Crippen LogP contribution in [-0.4, -0.2) is 23.8 Å². The van der Waals surface area contributed by atoms with Crippen molar-refractivity contribution in [2.45, 2.75) is 38.0 Å². The molecular weight excluding hydrogens is 246 g/mol. The van der Waals surface area contributed by atoms with E-state index in [1.54, 1.807) is 4.90 Å². The lowest BCUT2D eigenvalue weighted by atomic mass is 10.2. The summed E-state index contributed by atoms with van der Waals surface area (Å²) in [4.78, 5) is 13.5. The van der Waals surface area contributed by atoms with Crippen molar-refractivity contribution in [1.29, 1.82) is 0 Å². The SMILES string of the molecule is CCC(C)Oc1ccc(N2CC(S)CC2=O)cc1. The van der Waals surface area contributed by atoms with Crippen molar-refractivity contribution >= 4 is 24.2 Å². The lowest BCUT2D eigenvalue weighted by Crippen LogP contribution is -2.24. The number of hydrogen-bond donors (Lipinski definition) is 1. The average Bonchev–Trinajstić information content (AvgIpc) is 2.69. The van der Waals surface area contributed by atoms with Crippen LogP contribution in [0.4, 0.5) is 5.69 Å². The fourth-order valence-corrected chi connectivity index (χ4v) is 2.28. The van der Waals surface area contributed by atoms with E-state index in [4.69, 9.17) is 4.74 Å². The Hall–Kier alpha value is -1.16. The van der Waals surface area contributed by atoms with Crippen LogP contribution in [0.5, 0.6) is 5.75 Å². The Balaban J connectivity index is 2.06. The van der Waals surface area contributed by atoms with Gasteiger partial charge in [0.05, 0.1) is 6.10 Å². The van der Waals surface area contributed by atoms with Gasteiger partial charge < -0.3 is 9.64 Å². The standard InChI is InChI=1S/C14H19NO2S/c1-3-10(2)17-12-6-4-11(5-7-12)15-9-13(18)8-14(15)16/h4-7,10,13,18H,3,8-9H2,1-2H3. The first-order valence-electron chi connectivity index (χ1n) is 6.35. The van der Waals surface area contributed by atoms with Gasteiger partial charge in [-0.15, -0.1) is 0 Å². The Bertz CT molecular complexity index is 418. The Morgan fingerprint density at radius 3 is 2.61 bits per heavy atom. The highest BCUT2D eigenvalue weighted by Gasteiger charge is 2.28. The number of carbonyl (C=O) groups is 1. The molecule has 0 saturated carbocycles. The zero-order valence-electron chi connectivity index (χ0n) is 10.8. The number of amides is 1. The highest BCUT2D eigenvalue weighted by Crippen LogP contribution is 2.26. The number of carbonyl (C=O) groups excluding carboxylic acids is 1. The van der Waals surface area contributed by atoms with Crippen molar-refractivity contribution in [3.8, 4) is 5.75 Å². The first-order chi connectivity index (χ1) is 8.60. The zero-order chi connectivity index (χ0) is 13.1. The van der Waals surface area contributed by atoms with E-state index >= 15 is 0 Å². The van der Waals surface area contributed by atoms with Crippen LogP contribution in [0.25, 0.3) is 0 Å². The molecule has 1 heterocycles. The average molecular weight is 265 g/mol. The van der Waals surface area contributed by atoms with Crippen LogP contribution < -0.4 is 9.64 Å². The predicted molar refractivity (Wildman–Crippen MR) is 76.6 cm³/mol. The molecule has 0 radical (unpaired) electrons. The van der Waals surface area contributed by atoms with E-state index in [0.717, 1.165) is 17.9 Å². The number of hydrogen-bond acceptors (Lipinski definition) is 3. The van der Waals surface area contributed by atoms with E-state index < -0.39 is 0 Å². The molecule has 1 aliphatic rings. The summed E-state index contributed by atoms with van der Waals surface area (Å²) in [6.07, 6.45) is 1.72. The number of thiol groups is 1. The number of nitrogens with zero attached hydrogens (tertiary/aromatic N) is 1. The van der Waals surface area contributed by atoms with Crippen molar-refractivity contribution in [1.82, 2.24) is 0 Å². The zero-order valence-corrected chi connectivity index (χ0v) is 11.7. The van der Waals surface area contributed by atoms with E-state index in [1.165, 1.54) is 0 Å². The molecule has 0 bridgehead atoms. The smallest absolute Gasteiger partial charge is 0.228 e. The van der Waals surface area contributed by atoms with Crippen LogP contribution in [0.3, 0.4) is 0 Å². The molecule has 1 aliphatic heterocycles. The molecule has 1 saturated heterocycles. The third kappa shape index (κ3) is 2.99. The molecule has 3 nitrogen and oxygen atoms in total. The summed E-state index contributed by atoms with van der Waals surface area (Å²) in [5, 5.41) is 0.147. The molecule has 0 aliphatic carbocycles. The molecule has 0 N–H and O–H groups in total. The second-order valence-corrected chi connectivity index (χ2v) is 5.42. The second-order valence-electron chi connectivity index (χ2n) is 4.69. The third-order valence-corrected chi connectivity index (χ3v) is 3.51. The van der Waals surface area contributed by atoms with E-state index in [-0.39, 0.29) is 17.3 Å². The molecule has 0 aromatic heterocycles. The number of benzene rings is 1. The minimum absolute atomic E-state index is 0.144. The van der Waals surface area contributed by atoms with Crippen LogP contribution in [0.1, 0.15) is 26.7 Å². The van der Waals surface area contributed by atoms with E-state index in [9.17, 15) is 4.79 Å².